The number of hydrogen-bond donors (Lipinski definition) is 1. The van der Waals surface area contributed by atoms with Gasteiger partial charge in [0.1, 0.15) is 0 Å². The molecule has 160 valence electrons. The van der Waals surface area contributed by atoms with Gasteiger partial charge in [-0.25, -0.2) is 4.98 Å². The second-order valence-electron chi connectivity index (χ2n) is 8.64. The maximum absolute atomic E-state index is 13.0. The van der Waals surface area contributed by atoms with Gasteiger partial charge in [-0.1, -0.05) is 43.5 Å². The number of amides is 1. The number of aromatic nitrogens is 2. The Morgan fingerprint density at radius 1 is 0.903 bits per heavy atom. The molecule has 2 aliphatic rings. The number of carbonyl (C=O) groups is 1. The van der Waals surface area contributed by atoms with Crippen LogP contribution in [0.5, 0.6) is 0 Å². The number of piperazine rings is 1. The fraction of sp³-hybridized carbons (Fsp3) is 0.400. The lowest BCUT2D eigenvalue weighted by Crippen LogP contribution is -2.49. The van der Waals surface area contributed by atoms with E-state index in [1.807, 2.05) is 40.1 Å². The number of aromatic amines is 1. The molecule has 1 aliphatic heterocycles. The van der Waals surface area contributed by atoms with E-state index in [0.29, 0.717) is 48.9 Å². The fourth-order valence-electron chi connectivity index (χ4n) is 4.86. The van der Waals surface area contributed by atoms with Crippen molar-refractivity contribution in [1.82, 2.24) is 14.9 Å². The summed E-state index contributed by atoms with van der Waals surface area (Å²) in [7, 11) is 0. The molecule has 6 heteroatoms. The summed E-state index contributed by atoms with van der Waals surface area (Å²) >= 11 is 0. The van der Waals surface area contributed by atoms with E-state index in [4.69, 9.17) is 0 Å². The Bertz CT molecular complexity index is 1120. The molecule has 1 saturated heterocycles. The molecule has 0 unspecified atom stereocenters. The lowest BCUT2D eigenvalue weighted by atomic mass is 9.84. The number of nitrogens with one attached hydrogen (secondary N) is 1. The molecule has 1 saturated carbocycles. The normalized spacial score (nSPS) is 17.8. The molecule has 0 atom stereocenters. The first-order valence-corrected chi connectivity index (χ1v) is 11.3. The summed E-state index contributed by atoms with van der Waals surface area (Å²) in [6.07, 6.45) is 6.50. The highest BCUT2D eigenvalue weighted by atomic mass is 16.2. The molecule has 1 aromatic heterocycles. The molecular weight excluding hydrogens is 388 g/mol. The number of rotatable bonds is 3. The zero-order valence-electron chi connectivity index (χ0n) is 17.7. The van der Waals surface area contributed by atoms with E-state index in [0.717, 1.165) is 5.56 Å². The molecule has 0 radical (unpaired) electrons. The average Bonchev–Trinajstić information content (AvgIpc) is 2.84. The summed E-state index contributed by atoms with van der Waals surface area (Å²) in [4.78, 5) is 36.8. The lowest BCUT2D eigenvalue weighted by molar-refractivity contribution is 0.0746. The van der Waals surface area contributed by atoms with Gasteiger partial charge in [-0.05, 0) is 48.6 Å². The Balaban J connectivity index is 1.24. The molecule has 31 heavy (non-hydrogen) atoms. The predicted molar refractivity (Wildman–Crippen MR) is 123 cm³/mol. The van der Waals surface area contributed by atoms with E-state index in [1.54, 1.807) is 6.07 Å². The van der Waals surface area contributed by atoms with E-state index < -0.39 is 0 Å². The maximum Gasteiger partial charge on any atom is 0.260 e. The average molecular weight is 417 g/mol. The van der Waals surface area contributed by atoms with Gasteiger partial charge in [-0.2, -0.15) is 0 Å². The maximum atomic E-state index is 13.0. The summed E-state index contributed by atoms with van der Waals surface area (Å²) in [6, 6.07) is 15.6. The second kappa shape index (κ2) is 8.53. The van der Waals surface area contributed by atoms with Crippen molar-refractivity contribution in [2.75, 3.05) is 31.1 Å². The van der Waals surface area contributed by atoms with Crippen molar-refractivity contribution < 1.29 is 4.79 Å². The van der Waals surface area contributed by atoms with Crippen molar-refractivity contribution in [1.29, 1.82) is 0 Å². The van der Waals surface area contributed by atoms with Crippen molar-refractivity contribution >= 4 is 22.8 Å². The Hall–Kier alpha value is -3.15. The highest BCUT2D eigenvalue weighted by Crippen LogP contribution is 2.32. The minimum atomic E-state index is -0.128. The monoisotopic (exact) mass is 416 g/mol. The van der Waals surface area contributed by atoms with Gasteiger partial charge in [0.2, 0.25) is 5.95 Å². The molecule has 2 fully saturated rings. The third-order valence-corrected chi connectivity index (χ3v) is 6.70. The number of nitrogens with zero attached hydrogens (tertiary/aromatic N) is 3. The van der Waals surface area contributed by atoms with Crippen LogP contribution in [-0.2, 0) is 0 Å². The van der Waals surface area contributed by atoms with Gasteiger partial charge in [0.15, 0.2) is 0 Å². The van der Waals surface area contributed by atoms with Gasteiger partial charge in [0.25, 0.3) is 11.5 Å². The highest BCUT2D eigenvalue weighted by molar-refractivity contribution is 5.94. The van der Waals surface area contributed by atoms with Gasteiger partial charge >= 0.3 is 0 Å². The molecule has 1 amide bonds. The predicted octanol–water partition coefficient (Wildman–Crippen LogP) is 3.93. The van der Waals surface area contributed by atoms with E-state index in [-0.39, 0.29) is 11.5 Å². The Morgan fingerprint density at radius 3 is 2.35 bits per heavy atom. The summed E-state index contributed by atoms with van der Waals surface area (Å²) < 4.78 is 0. The molecule has 5 rings (SSSR count). The number of anilines is 1. The fourth-order valence-corrected chi connectivity index (χ4v) is 4.86. The van der Waals surface area contributed by atoms with Crippen LogP contribution in [-0.4, -0.2) is 47.0 Å². The topological polar surface area (TPSA) is 69.3 Å². The number of hydrogen-bond acceptors (Lipinski definition) is 4. The molecule has 2 aromatic carbocycles. The van der Waals surface area contributed by atoms with Crippen LogP contribution in [0.25, 0.3) is 10.9 Å². The minimum Gasteiger partial charge on any atom is -0.339 e. The first-order valence-electron chi connectivity index (χ1n) is 11.3. The molecule has 3 aromatic rings. The molecule has 1 N–H and O–H groups in total. The van der Waals surface area contributed by atoms with E-state index in [1.165, 1.54) is 37.7 Å². The lowest BCUT2D eigenvalue weighted by Gasteiger charge is -2.35. The third kappa shape index (κ3) is 4.07. The van der Waals surface area contributed by atoms with Crippen molar-refractivity contribution in [2.45, 2.75) is 38.0 Å². The smallest absolute Gasteiger partial charge is 0.260 e. The minimum absolute atomic E-state index is 0.0785. The Labute approximate surface area is 181 Å². The zero-order chi connectivity index (χ0) is 21.2. The van der Waals surface area contributed by atoms with Crippen LogP contribution in [0.2, 0.25) is 0 Å². The SMILES string of the molecule is O=C(c1ccc(C2CCCCC2)cc1)N1CCN(c2nc3ccccc3c(=O)[nH]2)CC1. The number of para-hydroxylation sites is 1. The van der Waals surface area contributed by atoms with E-state index in [9.17, 15) is 9.59 Å². The summed E-state index contributed by atoms with van der Waals surface area (Å²) in [5.74, 6) is 1.31. The third-order valence-electron chi connectivity index (χ3n) is 6.70. The Morgan fingerprint density at radius 2 is 1.61 bits per heavy atom. The number of carbonyl (C=O) groups excluding carboxylic acids is 1. The zero-order valence-corrected chi connectivity index (χ0v) is 17.7. The van der Waals surface area contributed by atoms with Gasteiger partial charge in [-0.15, -0.1) is 0 Å². The van der Waals surface area contributed by atoms with Crippen LogP contribution in [0.1, 0.15) is 53.9 Å². The molecular formula is C25H28N4O2. The van der Waals surface area contributed by atoms with E-state index >= 15 is 0 Å². The summed E-state index contributed by atoms with van der Waals surface area (Å²) in [5.41, 5.74) is 2.69. The van der Waals surface area contributed by atoms with Crippen LogP contribution in [0.15, 0.2) is 53.3 Å². The molecule has 0 bridgehead atoms. The van der Waals surface area contributed by atoms with Crippen LogP contribution >= 0.6 is 0 Å². The summed E-state index contributed by atoms with van der Waals surface area (Å²) in [5, 5.41) is 0.594. The first-order chi connectivity index (χ1) is 15.2. The van der Waals surface area contributed by atoms with E-state index in [2.05, 4.69) is 22.1 Å². The molecule has 0 spiro atoms. The van der Waals surface area contributed by atoms with Crippen molar-refractivity contribution in [2.24, 2.45) is 0 Å². The first kappa shape index (κ1) is 19.8. The van der Waals surface area contributed by atoms with Crippen LogP contribution in [0.4, 0.5) is 5.95 Å². The number of H-pyrrole nitrogens is 1. The highest BCUT2D eigenvalue weighted by Gasteiger charge is 2.24. The second-order valence-corrected chi connectivity index (χ2v) is 8.64. The van der Waals surface area contributed by atoms with Gasteiger partial charge in [-0.3, -0.25) is 14.6 Å². The number of benzene rings is 2. The van der Waals surface area contributed by atoms with Crippen LogP contribution < -0.4 is 10.5 Å². The standard InChI is InChI=1S/C25H28N4O2/c30-23-21-8-4-5-9-22(21)26-25(27-23)29-16-14-28(15-17-29)24(31)20-12-10-19(11-13-20)18-6-2-1-3-7-18/h4-5,8-13,18H,1-3,6-7,14-17H2,(H,26,27,30). The summed E-state index contributed by atoms with van der Waals surface area (Å²) in [6.45, 7) is 2.51. The van der Waals surface area contributed by atoms with Crippen molar-refractivity contribution in [3.8, 4) is 0 Å². The van der Waals surface area contributed by atoms with Crippen LogP contribution in [0, 0.1) is 0 Å². The quantitative estimate of drug-likeness (QED) is 0.702. The van der Waals surface area contributed by atoms with Crippen molar-refractivity contribution in [3.05, 3.63) is 70.0 Å². The number of fused-ring (bicyclic) bond motifs is 1. The van der Waals surface area contributed by atoms with Gasteiger partial charge in [0, 0.05) is 31.7 Å². The molecule has 2 heterocycles. The molecule has 6 nitrogen and oxygen atoms in total. The largest absolute Gasteiger partial charge is 0.339 e. The Kier molecular flexibility index (Phi) is 5.45. The van der Waals surface area contributed by atoms with Gasteiger partial charge in [0.05, 0.1) is 10.9 Å². The van der Waals surface area contributed by atoms with Crippen LogP contribution in [0.3, 0.4) is 0 Å². The van der Waals surface area contributed by atoms with Gasteiger partial charge < -0.3 is 9.80 Å². The molecule has 1 aliphatic carbocycles. The van der Waals surface area contributed by atoms with Crippen molar-refractivity contribution in [3.63, 3.8) is 0 Å².